The average Bonchev–Trinajstić information content (AvgIpc) is 2.74. The van der Waals surface area contributed by atoms with E-state index >= 15 is 0 Å². The van der Waals surface area contributed by atoms with Crippen molar-refractivity contribution < 1.29 is 19.1 Å². The van der Waals surface area contributed by atoms with E-state index in [1.54, 1.807) is 48.5 Å². The molecule has 0 saturated carbocycles. The topological polar surface area (TPSA) is 115 Å². The van der Waals surface area contributed by atoms with Crippen LogP contribution >= 0.6 is 0 Å². The molecule has 0 aliphatic heterocycles. The summed E-state index contributed by atoms with van der Waals surface area (Å²) in [6.07, 6.45) is 1.47. The molecule has 9 heteroatoms. The highest BCUT2D eigenvalue weighted by atomic mass is 16.5. The van der Waals surface area contributed by atoms with E-state index in [9.17, 15) is 9.59 Å². The summed E-state index contributed by atoms with van der Waals surface area (Å²) in [5.41, 5.74) is 2.31. The molecule has 0 atom stereocenters. The van der Waals surface area contributed by atoms with Crippen LogP contribution in [0.15, 0.2) is 54.7 Å². The van der Waals surface area contributed by atoms with Gasteiger partial charge in [-0.15, -0.1) is 5.10 Å². The predicted molar refractivity (Wildman–Crippen MR) is 102 cm³/mol. The first kappa shape index (κ1) is 18.8. The molecule has 0 amide bonds. The molecule has 1 heterocycles. The zero-order chi connectivity index (χ0) is 19.9. The first-order chi connectivity index (χ1) is 13.6. The number of nitrogens with zero attached hydrogens (tertiary/aromatic N) is 3. The van der Waals surface area contributed by atoms with Gasteiger partial charge in [0.15, 0.2) is 5.82 Å². The summed E-state index contributed by atoms with van der Waals surface area (Å²) in [6, 6.07) is 13.4. The summed E-state index contributed by atoms with van der Waals surface area (Å²) in [5.74, 6) is -0.0645. The number of ether oxygens (including phenoxy) is 2. The largest absolute Gasteiger partial charge is 0.465 e. The summed E-state index contributed by atoms with van der Waals surface area (Å²) in [4.78, 5) is 27.3. The second-order valence-electron chi connectivity index (χ2n) is 5.55. The van der Waals surface area contributed by atoms with Crippen molar-refractivity contribution in [2.75, 3.05) is 24.9 Å². The lowest BCUT2D eigenvalue weighted by Crippen LogP contribution is -2.04. The third-order valence-corrected chi connectivity index (χ3v) is 3.70. The molecule has 2 aromatic carbocycles. The zero-order valence-electron chi connectivity index (χ0n) is 15.2. The molecule has 0 fully saturated rings. The highest BCUT2D eigenvalue weighted by Crippen LogP contribution is 2.18. The van der Waals surface area contributed by atoms with Crippen LogP contribution in [0.4, 0.5) is 23.1 Å². The highest BCUT2D eigenvalue weighted by Gasteiger charge is 2.07. The van der Waals surface area contributed by atoms with E-state index in [4.69, 9.17) is 0 Å². The molecule has 3 rings (SSSR count). The maximum atomic E-state index is 11.5. The summed E-state index contributed by atoms with van der Waals surface area (Å²) >= 11 is 0. The zero-order valence-corrected chi connectivity index (χ0v) is 15.2. The van der Waals surface area contributed by atoms with E-state index in [-0.39, 0.29) is 5.95 Å². The third-order valence-electron chi connectivity index (χ3n) is 3.70. The molecule has 0 bridgehead atoms. The lowest BCUT2D eigenvalue weighted by atomic mass is 10.2. The Morgan fingerprint density at radius 2 is 1.29 bits per heavy atom. The molecule has 142 valence electrons. The summed E-state index contributed by atoms with van der Waals surface area (Å²) in [6.45, 7) is 0. The van der Waals surface area contributed by atoms with Gasteiger partial charge in [-0.05, 0) is 48.5 Å². The minimum absolute atomic E-state index is 0.280. The van der Waals surface area contributed by atoms with Crippen LogP contribution < -0.4 is 10.6 Å². The van der Waals surface area contributed by atoms with Gasteiger partial charge in [-0.3, -0.25) is 0 Å². The third kappa shape index (κ3) is 4.58. The van der Waals surface area contributed by atoms with Crippen molar-refractivity contribution in [3.63, 3.8) is 0 Å². The van der Waals surface area contributed by atoms with Crippen molar-refractivity contribution in [1.82, 2.24) is 15.2 Å². The molecule has 0 saturated heterocycles. The van der Waals surface area contributed by atoms with Crippen LogP contribution in [0.2, 0.25) is 0 Å². The van der Waals surface area contributed by atoms with Gasteiger partial charge in [0.2, 0.25) is 5.95 Å². The van der Waals surface area contributed by atoms with Crippen LogP contribution in [-0.2, 0) is 9.47 Å². The fraction of sp³-hybridized carbons (Fsp3) is 0.105. The van der Waals surface area contributed by atoms with Gasteiger partial charge in [-0.2, -0.15) is 10.1 Å². The number of hydrogen-bond donors (Lipinski definition) is 2. The second-order valence-corrected chi connectivity index (χ2v) is 5.55. The van der Waals surface area contributed by atoms with Gasteiger partial charge in [0.05, 0.1) is 31.5 Å². The monoisotopic (exact) mass is 379 g/mol. The number of aromatic nitrogens is 3. The van der Waals surface area contributed by atoms with Crippen LogP contribution in [0, 0.1) is 0 Å². The Kier molecular flexibility index (Phi) is 5.75. The number of rotatable bonds is 6. The van der Waals surface area contributed by atoms with Crippen molar-refractivity contribution in [3.8, 4) is 0 Å². The predicted octanol–water partition coefficient (Wildman–Crippen LogP) is 2.93. The Morgan fingerprint density at radius 3 is 1.79 bits per heavy atom. The van der Waals surface area contributed by atoms with Crippen LogP contribution in [0.5, 0.6) is 0 Å². The molecule has 0 aliphatic carbocycles. The molecule has 28 heavy (non-hydrogen) atoms. The van der Waals surface area contributed by atoms with E-state index in [0.29, 0.717) is 22.6 Å². The Labute approximate surface area is 160 Å². The lowest BCUT2D eigenvalue weighted by Gasteiger charge is -2.08. The van der Waals surface area contributed by atoms with Crippen molar-refractivity contribution in [3.05, 3.63) is 65.9 Å². The minimum Gasteiger partial charge on any atom is -0.465 e. The molecule has 1 aromatic heterocycles. The standard InChI is InChI=1S/C19H17N5O4/c1-27-17(25)12-3-7-14(8-4-12)21-16-11-20-24-19(23-16)22-15-9-5-13(6-10-15)18(26)28-2/h3-11H,1-2H3,(H2,21,22,23,24). The SMILES string of the molecule is COC(=O)c1ccc(Nc2cnnc(Nc3ccc(C(=O)OC)cc3)n2)cc1. The number of nitrogens with one attached hydrogen (secondary N) is 2. The maximum Gasteiger partial charge on any atom is 0.337 e. The van der Waals surface area contributed by atoms with Gasteiger partial charge in [0.1, 0.15) is 0 Å². The highest BCUT2D eigenvalue weighted by molar-refractivity contribution is 5.90. The maximum absolute atomic E-state index is 11.5. The Balaban J connectivity index is 1.68. The van der Waals surface area contributed by atoms with Crippen molar-refractivity contribution in [2.24, 2.45) is 0 Å². The summed E-state index contributed by atoms with van der Waals surface area (Å²) < 4.78 is 9.34. The molecule has 2 N–H and O–H groups in total. The molecular formula is C19H17N5O4. The van der Waals surface area contributed by atoms with Crippen molar-refractivity contribution in [2.45, 2.75) is 0 Å². The molecule has 3 aromatic rings. The molecule has 0 radical (unpaired) electrons. The van der Waals surface area contributed by atoms with Crippen molar-refractivity contribution in [1.29, 1.82) is 0 Å². The van der Waals surface area contributed by atoms with Crippen LogP contribution in [0.3, 0.4) is 0 Å². The van der Waals surface area contributed by atoms with E-state index in [0.717, 1.165) is 5.69 Å². The van der Waals surface area contributed by atoms with Gasteiger partial charge in [0, 0.05) is 11.4 Å². The number of benzene rings is 2. The van der Waals surface area contributed by atoms with Gasteiger partial charge in [-0.25, -0.2) is 9.59 Å². The fourth-order valence-electron chi connectivity index (χ4n) is 2.31. The quantitative estimate of drug-likeness (QED) is 0.624. The van der Waals surface area contributed by atoms with Gasteiger partial charge < -0.3 is 20.1 Å². The van der Waals surface area contributed by atoms with Gasteiger partial charge in [0.25, 0.3) is 0 Å². The molecule has 9 nitrogen and oxygen atoms in total. The van der Waals surface area contributed by atoms with Gasteiger partial charge in [-0.1, -0.05) is 0 Å². The van der Waals surface area contributed by atoms with Crippen LogP contribution in [0.1, 0.15) is 20.7 Å². The van der Waals surface area contributed by atoms with Crippen LogP contribution in [0.25, 0.3) is 0 Å². The first-order valence-electron chi connectivity index (χ1n) is 8.19. The number of anilines is 4. The van der Waals surface area contributed by atoms with E-state index in [1.807, 2.05) is 0 Å². The second kappa shape index (κ2) is 8.58. The molecule has 0 unspecified atom stereocenters. The first-order valence-corrected chi connectivity index (χ1v) is 8.19. The number of carbonyl (C=O) groups excluding carboxylic acids is 2. The summed E-state index contributed by atoms with van der Waals surface area (Å²) in [5, 5.41) is 13.9. The normalized spacial score (nSPS) is 10.1. The lowest BCUT2D eigenvalue weighted by molar-refractivity contribution is 0.0592. The molecule has 0 aliphatic rings. The van der Waals surface area contributed by atoms with E-state index in [2.05, 4.69) is 35.3 Å². The summed E-state index contributed by atoms with van der Waals surface area (Å²) in [7, 11) is 2.66. The molecular weight excluding hydrogens is 362 g/mol. The fourth-order valence-corrected chi connectivity index (χ4v) is 2.31. The van der Waals surface area contributed by atoms with Crippen molar-refractivity contribution >= 4 is 35.1 Å². The molecule has 0 spiro atoms. The van der Waals surface area contributed by atoms with Crippen LogP contribution in [-0.4, -0.2) is 41.3 Å². The van der Waals surface area contributed by atoms with E-state index < -0.39 is 11.9 Å². The Bertz CT molecular complexity index is 898. The minimum atomic E-state index is -0.408. The smallest absolute Gasteiger partial charge is 0.337 e. The number of carbonyl (C=O) groups is 2. The number of methoxy groups -OCH3 is 2. The van der Waals surface area contributed by atoms with E-state index in [1.165, 1.54) is 20.4 Å². The number of hydrogen-bond acceptors (Lipinski definition) is 9. The van der Waals surface area contributed by atoms with Gasteiger partial charge >= 0.3 is 11.9 Å². The average molecular weight is 379 g/mol. The number of esters is 2. The Hall–Kier alpha value is -4.01. The Morgan fingerprint density at radius 1 is 0.786 bits per heavy atom.